The number of aromatic carboxylic acids is 1. The fourth-order valence-corrected chi connectivity index (χ4v) is 1.67. The molecule has 0 spiro atoms. The molecule has 0 fully saturated rings. The molecule has 0 aliphatic heterocycles. The third-order valence-electron chi connectivity index (χ3n) is 2.66. The highest BCUT2D eigenvalue weighted by molar-refractivity contribution is 5.84. The molecule has 100 valence electrons. The van der Waals surface area contributed by atoms with Crippen molar-refractivity contribution in [1.29, 1.82) is 0 Å². The van der Waals surface area contributed by atoms with Crippen LogP contribution in [0.25, 0.3) is 0 Å². The molecule has 2 heterocycles. The summed E-state index contributed by atoms with van der Waals surface area (Å²) in [6.45, 7) is 1.87. The maximum Gasteiger partial charge on any atom is 0.371 e. The number of nitrogens with zero attached hydrogens (tertiary/aromatic N) is 1. The Hall–Kier alpha value is -2.57. The highest BCUT2D eigenvalue weighted by atomic mass is 16.4. The van der Waals surface area contributed by atoms with E-state index >= 15 is 0 Å². The third kappa shape index (κ3) is 2.65. The largest absolute Gasteiger partial charge is 0.475 e. The van der Waals surface area contributed by atoms with Crippen LogP contribution in [0.1, 0.15) is 28.8 Å². The second-order valence-corrected chi connectivity index (χ2v) is 3.97. The minimum atomic E-state index is -1.17. The van der Waals surface area contributed by atoms with Crippen molar-refractivity contribution in [2.24, 2.45) is 0 Å². The van der Waals surface area contributed by atoms with Crippen molar-refractivity contribution in [3.05, 3.63) is 56.3 Å². The normalized spacial score (nSPS) is 10.6. The monoisotopic (exact) mass is 264 g/mol. The molecular formula is C12H12N2O5. The smallest absolute Gasteiger partial charge is 0.371 e. The number of carboxylic acid groups (broad SMARTS) is 1. The van der Waals surface area contributed by atoms with Crippen LogP contribution in [-0.4, -0.2) is 20.6 Å². The van der Waals surface area contributed by atoms with Crippen LogP contribution in [0.15, 0.2) is 32.3 Å². The molecule has 19 heavy (non-hydrogen) atoms. The van der Waals surface area contributed by atoms with E-state index < -0.39 is 17.2 Å². The molecule has 0 bridgehead atoms. The molecule has 2 aromatic rings. The Labute approximate surface area is 107 Å². The van der Waals surface area contributed by atoms with Gasteiger partial charge in [0.1, 0.15) is 5.76 Å². The minimum absolute atomic E-state index is 0.0654. The number of aryl methyl sites for hydroxylation is 1. The number of carbonyl (C=O) groups is 1. The Morgan fingerprint density at radius 2 is 2.16 bits per heavy atom. The van der Waals surface area contributed by atoms with Gasteiger partial charge in [0, 0.05) is 11.8 Å². The van der Waals surface area contributed by atoms with E-state index in [2.05, 4.69) is 4.98 Å². The van der Waals surface area contributed by atoms with Gasteiger partial charge in [0.05, 0.1) is 6.54 Å². The molecule has 0 aromatic carbocycles. The molecule has 0 aliphatic rings. The van der Waals surface area contributed by atoms with Crippen LogP contribution in [-0.2, 0) is 13.0 Å². The van der Waals surface area contributed by atoms with E-state index in [1.165, 1.54) is 22.9 Å². The van der Waals surface area contributed by atoms with Gasteiger partial charge in [-0.2, -0.15) is 0 Å². The van der Waals surface area contributed by atoms with E-state index in [0.717, 1.165) is 0 Å². The molecule has 0 saturated heterocycles. The van der Waals surface area contributed by atoms with Crippen molar-refractivity contribution < 1.29 is 14.3 Å². The topological polar surface area (TPSA) is 105 Å². The number of carboxylic acids is 1. The molecule has 0 unspecified atom stereocenters. The van der Waals surface area contributed by atoms with E-state index in [0.29, 0.717) is 17.7 Å². The van der Waals surface area contributed by atoms with E-state index in [1.807, 2.05) is 0 Å². The highest BCUT2D eigenvalue weighted by Gasteiger charge is 2.10. The highest BCUT2D eigenvalue weighted by Crippen LogP contribution is 2.08. The fourth-order valence-electron chi connectivity index (χ4n) is 1.67. The summed E-state index contributed by atoms with van der Waals surface area (Å²) in [5, 5.41) is 8.73. The molecule has 0 atom stereocenters. The van der Waals surface area contributed by atoms with Crippen molar-refractivity contribution in [3.8, 4) is 0 Å². The summed E-state index contributed by atoms with van der Waals surface area (Å²) in [5.41, 5.74) is -0.491. The number of aromatic amines is 1. The Morgan fingerprint density at radius 1 is 1.42 bits per heavy atom. The Kier molecular flexibility index (Phi) is 3.37. The van der Waals surface area contributed by atoms with Crippen molar-refractivity contribution in [2.75, 3.05) is 0 Å². The maximum atomic E-state index is 11.6. The first kappa shape index (κ1) is 12.9. The van der Waals surface area contributed by atoms with Crippen molar-refractivity contribution in [1.82, 2.24) is 9.55 Å². The van der Waals surface area contributed by atoms with Crippen molar-refractivity contribution in [2.45, 2.75) is 19.9 Å². The molecule has 0 saturated carbocycles. The van der Waals surface area contributed by atoms with E-state index in [1.54, 1.807) is 6.92 Å². The standard InChI is InChI=1S/C12H12N2O5/c1-2-7-5-14(12(18)13-10(7)15)6-8-3-4-9(19-8)11(16)17/h3-5H,2,6H2,1H3,(H,16,17)(H,13,15,18). The number of rotatable bonds is 4. The summed E-state index contributed by atoms with van der Waals surface area (Å²) in [5.74, 6) is -1.04. The number of aromatic nitrogens is 2. The van der Waals surface area contributed by atoms with Crippen LogP contribution in [0.3, 0.4) is 0 Å². The molecular weight excluding hydrogens is 252 g/mol. The molecule has 2 N–H and O–H groups in total. The lowest BCUT2D eigenvalue weighted by Crippen LogP contribution is -2.31. The fraction of sp³-hybridized carbons (Fsp3) is 0.250. The van der Waals surface area contributed by atoms with Crippen LogP contribution < -0.4 is 11.2 Å². The summed E-state index contributed by atoms with van der Waals surface area (Å²) < 4.78 is 6.33. The van der Waals surface area contributed by atoms with Gasteiger partial charge in [-0.1, -0.05) is 6.92 Å². The van der Waals surface area contributed by atoms with Crippen LogP contribution >= 0.6 is 0 Å². The predicted molar refractivity (Wildman–Crippen MR) is 65.5 cm³/mol. The minimum Gasteiger partial charge on any atom is -0.475 e. The van der Waals surface area contributed by atoms with E-state index in [4.69, 9.17) is 9.52 Å². The zero-order valence-electron chi connectivity index (χ0n) is 10.2. The van der Waals surface area contributed by atoms with Gasteiger partial charge in [-0.3, -0.25) is 14.3 Å². The molecule has 2 rings (SSSR count). The summed E-state index contributed by atoms with van der Waals surface area (Å²) in [7, 11) is 0. The lowest BCUT2D eigenvalue weighted by atomic mass is 10.2. The maximum absolute atomic E-state index is 11.6. The van der Waals surface area contributed by atoms with Gasteiger partial charge in [0.2, 0.25) is 5.76 Å². The number of hydrogen-bond acceptors (Lipinski definition) is 4. The van der Waals surface area contributed by atoms with E-state index in [-0.39, 0.29) is 12.3 Å². The van der Waals surface area contributed by atoms with Gasteiger partial charge in [-0.15, -0.1) is 0 Å². The quantitative estimate of drug-likeness (QED) is 0.833. The summed E-state index contributed by atoms with van der Waals surface area (Å²) in [4.78, 5) is 35.9. The van der Waals surface area contributed by atoms with Crippen molar-refractivity contribution in [3.63, 3.8) is 0 Å². The molecule has 7 heteroatoms. The van der Waals surface area contributed by atoms with Crippen molar-refractivity contribution >= 4 is 5.97 Å². The average Bonchev–Trinajstić information content (AvgIpc) is 2.81. The second-order valence-electron chi connectivity index (χ2n) is 3.97. The van der Waals surface area contributed by atoms with Gasteiger partial charge in [-0.05, 0) is 18.6 Å². The number of H-pyrrole nitrogens is 1. The Bertz CT molecular complexity index is 722. The van der Waals surface area contributed by atoms with Gasteiger partial charge in [-0.25, -0.2) is 9.59 Å². The molecule has 0 radical (unpaired) electrons. The van der Waals surface area contributed by atoms with Gasteiger partial charge in [0.25, 0.3) is 5.56 Å². The van der Waals surface area contributed by atoms with Gasteiger partial charge >= 0.3 is 11.7 Å². The number of furan rings is 1. The SMILES string of the molecule is CCc1cn(Cc2ccc(C(=O)O)o2)c(=O)[nH]c1=O. The summed E-state index contributed by atoms with van der Waals surface area (Å²) >= 11 is 0. The second kappa shape index (κ2) is 4.97. The third-order valence-corrected chi connectivity index (χ3v) is 2.66. The van der Waals surface area contributed by atoms with Crippen LogP contribution in [0.5, 0.6) is 0 Å². The average molecular weight is 264 g/mol. The van der Waals surface area contributed by atoms with E-state index in [9.17, 15) is 14.4 Å². The molecule has 2 aromatic heterocycles. The van der Waals surface area contributed by atoms with Crippen LogP contribution in [0, 0.1) is 0 Å². The van der Waals surface area contributed by atoms with Crippen LogP contribution in [0.4, 0.5) is 0 Å². The van der Waals surface area contributed by atoms with Gasteiger partial charge < -0.3 is 9.52 Å². The zero-order chi connectivity index (χ0) is 14.0. The first-order valence-electron chi connectivity index (χ1n) is 5.66. The molecule has 0 amide bonds. The van der Waals surface area contributed by atoms with Crippen LogP contribution in [0.2, 0.25) is 0 Å². The Morgan fingerprint density at radius 3 is 2.74 bits per heavy atom. The van der Waals surface area contributed by atoms with Gasteiger partial charge in [0.15, 0.2) is 0 Å². The first-order valence-corrected chi connectivity index (χ1v) is 5.66. The lowest BCUT2D eigenvalue weighted by molar-refractivity contribution is 0.0660. The molecule has 7 nitrogen and oxygen atoms in total. The summed E-state index contributed by atoms with van der Waals surface area (Å²) in [6, 6.07) is 2.79. The zero-order valence-corrected chi connectivity index (χ0v) is 10.2. The Balaban J connectivity index is 2.35. The first-order chi connectivity index (χ1) is 9.01. The summed E-state index contributed by atoms with van der Waals surface area (Å²) in [6.07, 6.45) is 1.94. The molecule has 0 aliphatic carbocycles. The number of hydrogen-bond donors (Lipinski definition) is 2. The number of nitrogens with one attached hydrogen (secondary N) is 1. The predicted octanol–water partition coefficient (Wildman–Crippen LogP) is 0.438. The lowest BCUT2D eigenvalue weighted by Gasteiger charge is -2.04.